The van der Waals surface area contributed by atoms with Gasteiger partial charge in [-0.1, -0.05) is 6.07 Å². The Morgan fingerprint density at radius 1 is 1.23 bits per heavy atom. The Labute approximate surface area is 181 Å². The van der Waals surface area contributed by atoms with Gasteiger partial charge in [0.1, 0.15) is 0 Å². The first-order valence-electron chi connectivity index (χ1n) is 10.8. The number of nitrogens with one attached hydrogen (secondary N) is 2. The first-order valence-corrected chi connectivity index (χ1v) is 10.8. The average Bonchev–Trinajstić information content (AvgIpc) is 3.22. The predicted molar refractivity (Wildman–Crippen MR) is 117 cm³/mol. The highest BCUT2D eigenvalue weighted by Crippen LogP contribution is 2.26. The first kappa shape index (κ1) is 19.7. The summed E-state index contributed by atoms with van der Waals surface area (Å²) in [5, 5.41) is 3.40. The molecule has 0 atom stereocenters. The number of ether oxygens (including phenoxy) is 1. The van der Waals surface area contributed by atoms with Gasteiger partial charge in [-0.3, -0.25) is 9.78 Å². The monoisotopic (exact) mass is 418 g/mol. The molecule has 3 aromatic heterocycles. The molecule has 1 saturated heterocycles. The minimum atomic E-state index is 0.0293. The molecule has 2 aliphatic heterocycles. The molecular weight excluding hydrogens is 392 g/mol. The van der Waals surface area contributed by atoms with Gasteiger partial charge >= 0.3 is 0 Å². The molecule has 3 aromatic rings. The van der Waals surface area contributed by atoms with Crippen molar-refractivity contribution in [2.45, 2.75) is 38.8 Å². The van der Waals surface area contributed by atoms with Crippen molar-refractivity contribution in [3.63, 3.8) is 0 Å². The van der Waals surface area contributed by atoms with Crippen molar-refractivity contribution >= 4 is 11.9 Å². The minimum absolute atomic E-state index is 0.0293. The molecule has 0 aromatic carbocycles. The molecule has 0 unspecified atom stereocenters. The molecule has 0 bridgehead atoms. The van der Waals surface area contributed by atoms with E-state index in [-0.39, 0.29) is 5.91 Å². The molecule has 5 rings (SSSR count). The molecule has 31 heavy (non-hydrogen) atoms. The number of hydrogen-bond donors (Lipinski definition) is 2. The van der Waals surface area contributed by atoms with Crippen LogP contribution in [0.15, 0.2) is 36.5 Å². The lowest BCUT2D eigenvalue weighted by molar-refractivity contribution is 0.0724. The fourth-order valence-electron chi connectivity index (χ4n) is 4.18. The van der Waals surface area contributed by atoms with Gasteiger partial charge in [0.25, 0.3) is 5.91 Å². The zero-order chi connectivity index (χ0) is 21.2. The SMILES string of the molecule is Cc1cccc(CN2CCc3[nH]c(-c4ccnc(NC5CCOCC5)n4)cc3C2=O)n1. The molecule has 2 aliphatic rings. The molecule has 5 heterocycles. The number of carbonyl (C=O) groups is 1. The van der Waals surface area contributed by atoms with E-state index in [1.807, 2.05) is 42.2 Å². The highest BCUT2D eigenvalue weighted by atomic mass is 16.5. The summed E-state index contributed by atoms with van der Waals surface area (Å²) in [6.45, 7) is 4.68. The van der Waals surface area contributed by atoms with Crippen LogP contribution in [0.25, 0.3) is 11.4 Å². The summed E-state index contributed by atoms with van der Waals surface area (Å²) in [7, 11) is 0. The molecule has 1 fully saturated rings. The van der Waals surface area contributed by atoms with Gasteiger partial charge in [-0.15, -0.1) is 0 Å². The van der Waals surface area contributed by atoms with Crippen molar-refractivity contribution in [3.05, 3.63) is 59.2 Å². The lowest BCUT2D eigenvalue weighted by Gasteiger charge is -2.26. The van der Waals surface area contributed by atoms with Gasteiger partial charge in [0, 0.05) is 49.8 Å². The van der Waals surface area contributed by atoms with Crippen molar-refractivity contribution in [2.24, 2.45) is 0 Å². The van der Waals surface area contributed by atoms with Crippen LogP contribution in [-0.2, 0) is 17.7 Å². The molecule has 1 amide bonds. The number of fused-ring (bicyclic) bond motifs is 1. The van der Waals surface area contributed by atoms with E-state index < -0.39 is 0 Å². The summed E-state index contributed by atoms with van der Waals surface area (Å²) in [5.41, 5.74) is 5.16. The summed E-state index contributed by atoms with van der Waals surface area (Å²) in [6.07, 6.45) is 4.43. The van der Waals surface area contributed by atoms with Gasteiger partial charge in [-0.25, -0.2) is 9.97 Å². The Morgan fingerprint density at radius 2 is 2.10 bits per heavy atom. The second kappa shape index (κ2) is 8.47. The maximum absolute atomic E-state index is 13.1. The van der Waals surface area contributed by atoms with Gasteiger partial charge in [-0.05, 0) is 44.0 Å². The minimum Gasteiger partial charge on any atom is -0.381 e. The molecule has 0 radical (unpaired) electrons. The van der Waals surface area contributed by atoms with E-state index in [1.165, 1.54) is 0 Å². The molecule has 2 N–H and O–H groups in total. The highest BCUT2D eigenvalue weighted by molar-refractivity contribution is 5.97. The van der Waals surface area contributed by atoms with Crippen LogP contribution in [0.3, 0.4) is 0 Å². The smallest absolute Gasteiger partial charge is 0.256 e. The van der Waals surface area contributed by atoms with E-state index in [9.17, 15) is 4.79 Å². The third kappa shape index (κ3) is 4.29. The van der Waals surface area contributed by atoms with Crippen LogP contribution in [0, 0.1) is 6.92 Å². The van der Waals surface area contributed by atoms with E-state index in [2.05, 4.69) is 25.3 Å². The van der Waals surface area contributed by atoms with Crippen LogP contribution in [-0.4, -0.2) is 56.5 Å². The van der Waals surface area contributed by atoms with E-state index in [1.54, 1.807) is 6.20 Å². The molecule has 8 heteroatoms. The summed E-state index contributed by atoms with van der Waals surface area (Å²) in [4.78, 5) is 31.9. The largest absolute Gasteiger partial charge is 0.381 e. The Kier molecular flexibility index (Phi) is 5.38. The lowest BCUT2D eigenvalue weighted by atomic mass is 10.1. The Morgan fingerprint density at radius 3 is 2.94 bits per heavy atom. The zero-order valence-electron chi connectivity index (χ0n) is 17.6. The van der Waals surface area contributed by atoms with Crippen molar-refractivity contribution in [1.29, 1.82) is 0 Å². The van der Waals surface area contributed by atoms with Crippen LogP contribution < -0.4 is 5.32 Å². The number of aromatic nitrogens is 4. The highest BCUT2D eigenvalue weighted by Gasteiger charge is 2.27. The number of hydrogen-bond acceptors (Lipinski definition) is 6. The third-order valence-corrected chi connectivity index (χ3v) is 5.83. The van der Waals surface area contributed by atoms with Gasteiger partial charge in [0.05, 0.1) is 29.2 Å². The zero-order valence-corrected chi connectivity index (χ0v) is 17.6. The Balaban J connectivity index is 1.33. The van der Waals surface area contributed by atoms with Crippen molar-refractivity contribution < 1.29 is 9.53 Å². The first-order chi connectivity index (χ1) is 15.2. The number of aromatic amines is 1. The Hall–Kier alpha value is -3.26. The molecular formula is C23H26N6O2. The average molecular weight is 419 g/mol. The fourth-order valence-corrected chi connectivity index (χ4v) is 4.18. The Bertz CT molecular complexity index is 1090. The number of nitrogens with zero attached hydrogens (tertiary/aromatic N) is 4. The second-order valence-electron chi connectivity index (χ2n) is 8.12. The second-order valence-corrected chi connectivity index (χ2v) is 8.12. The van der Waals surface area contributed by atoms with Crippen LogP contribution in [0.1, 0.15) is 40.3 Å². The van der Waals surface area contributed by atoms with Gasteiger partial charge in [0.15, 0.2) is 0 Å². The summed E-state index contributed by atoms with van der Waals surface area (Å²) in [5.74, 6) is 0.636. The summed E-state index contributed by atoms with van der Waals surface area (Å²) in [6, 6.07) is 10.0. The van der Waals surface area contributed by atoms with Crippen LogP contribution in [0.2, 0.25) is 0 Å². The summed E-state index contributed by atoms with van der Waals surface area (Å²) < 4.78 is 5.41. The topological polar surface area (TPSA) is 96.0 Å². The van der Waals surface area contributed by atoms with Gasteiger partial charge in [-0.2, -0.15) is 0 Å². The van der Waals surface area contributed by atoms with Crippen molar-refractivity contribution in [3.8, 4) is 11.4 Å². The van der Waals surface area contributed by atoms with Crippen LogP contribution >= 0.6 is 0 Å². The van der Waals surface area contributed by atoms with Crippen molar-refractivity contribution in [1.82, 2.24) is 24.8 Å². The number of aryl methyl sites for hydroxylation is 1. The standard InChI is InChI=1S/C23H26N6O2/c1-15-3-2-4-17(25-15)14-29-10-6-19-18(22(29)30)13-21(27-19)20-5-9-24-23(28-20)26-16-7-11-31-12-8-16/h2-5,9,13,16,27H,6-8,10-12,14H2,1H3,(H,24,26,28). The van der Waals surface area contributed by atoms with E-state index in [0.29, 0.717) is 30.6 Å². The number of H-pyrrole nitrogens is 1. The number of carbonyl (C=O) groups excluding carboxylic acids is 1. The molecule has 8 nitrogen and oxygen atoms in total. The van der Waals surface area contributed by atoms with Gasteiger partial charge in [0.2, 0.25) is 5.95 Å². The van der Waals surface area contributed by atoms with E-state index >= 15 is 0 Å². The molecule has 0 saturated carbocycles. The van der Waals surface area contributed by atoms with E-state index in [4.69, 9.17) is 4.74 Å². The molecule has 0 aliphatic carbocycles. The summed E-state index contributed by atoms with van der Waals surface area (Å²) >= 11 is 0. The van der Waals surface area contributed by atoms with Crippen LogP contribution in [0.4, 0.5) is 5.95 Å². The predicted octanol–water partition coefficient (Wildman–Crippen LogP) is 2.96. The fraction of sp³-hybridized carbons (Fsp3) is 0.391. The number of rotatable bonds is 5. The van der Waals surface area contributed by atoms with Crippen LogP contribution in [0.5, 0.6) is 0 Å². The van der Waals surface area contributed by atoms with E-state index in [0.717, 1.165) is 60.9 Å². The quantitative estimate of drug-likeness (QED) is 0.661. The number of amides is 1. The lowest BCUT2D eigenvalue weighted by Crippen LogP contribution is -2.36. The maximum atomic E-state index is 13.1. The molecule has 160 valence electrons. The number of pyridine rings is 1. The third-order valence-electron chi connectivity index (χ3n) is 5.83. The van der Waals surface area contributed by atoms with Crippen molar-refractivity contribution in [2.75, 3.05) is 25.1 Å². The number of anilines is 1. The van der Waals surface area contributed by atoms with Gasteiger partial charge < -0.3 is 19.9 Å². The molecule has 0 spiro atoms. The maximum Gasteiger partial charge on any atom is 0.256 e. The normalized spacial score (nSPS) is 16.9.